The zero-order chi connectivity index (χ0) is 8.27. The maximum absolute atomic E-state index is 10.5. The van der Waals surface area contributed by atoms with E-state index in [4.69, 9.17) is 5.11 Å². The van der Waals surface area contributed by atoms with Gasteiger partial charge in [-0.15, -0.1) is 0 Å². The van der Waals surface area contributed by atoms with Gasteiger partial charge in [-0.05, 0) is 12.3 Å². The molecule has 4 nitrogen and oxygen atoms in total. The number of allylic oxidation sites excluding steroid dienone is 1. The number of aliphatic hydroxyl groups is 1. The van der Waals surface area contributed by atoms with Crippen molar-refractivity contribution in [3.63, 3.8) is 0 Å². The molecule has 0 saturated heterocycles. The first-order chi connectivity index (χ1) is 5.20. The first kappa shape index (κ1) is 7.65. The van der Waals surface area contributed by atoms with Gasteiger partial charge in [0.2, 0.25) is 5.91 Å². The molecule has 1 aliphatic rings. The van der Waals surface area contributed by atoms with Gasteiger partial charge < -0.3 is 15.7 Å². The molecule has 1 amide bonds. The molecular formula is C7H10N2O2. The Hall–Kier alpha value is -1.45. The molecule has 0 radical (unpaired) electrons. The lowest BCUT2D eigenvalue weighted by Crippen LogP contribution is -2.25. The SMILES string of the molecule is CC(=O)NC1=C(O)CNC=C1. The van der Waals surface area contributed by atoms with Crippen LogP contribution in [-0.4, -0.2) is 17.6 Å². The average molecular weight is 154 g/mol. The lowest BCUT2D eigenvalue weighted by molar-refractivity contribution is -0.118. The fourth-order valence-electron chi connectivity index (χ4n) is 0.793. The van der Waals surface area contributed by atoms with Crippen molar-refractivity contribution in [1.29, 1.82) is 0 Å². The van der Waals surface area contributed by atoms with Crippen LogP contribution in [0.15, 0.2) is 23.7 Å². The van der Waals surface area contributed by atoms with Gasteiger partial charge in [-0.2, -0.15) is 0 Å². The number of dihydropyridines is 1. The minimum Gasteiger partial charge on any atom is -0.508 e. The summed E-state index contributed by atoms with van der Waals surface area (Å²) >= 11 is 0. The normalized spacial score (nSPS) is 16.1. The van der Waals surface area contributed by atoms with Crippen molar-refractivity contribution in [3.8, 4) is 0 Å². The molecule has 4 heteroatoms. The highest BCUT2D eigenvalue weighted by molar-refractivity contribution is 5.75. The van der Waals surface area contributed by atoms with Crippen LogP contribution in [0.5, 0.6) is 0 Å². The van der Waals surface area contributed by atoms with Gasteiger partial charge in [-0.25, -0.2) is 0 Å². The molecule has 0 atom stereocenters. The Morgan fingerprint density at radius 3 is 3.09 bits per heavy atom. The largest absolute Gasteiger partial charge is 0.508 e. The fraction of sp³-hybridized carbons (Fsp3) is 0.286. The van der Waals surface area contributed by atoms with E-state index in [0.717, 1.165) is 0 Å². The molecule has 0 aliphatic carbocycles. The van der Waals surface area contributed by atoms with E-state index in [9.17, 15) is 4.79 Å². The van der Waals surface area contributed by atoms with Crippen molar-refractivity contribution in [2.45, 2.75) is 6.92 Å². The first-order valence-corrected chi connectivity index (χ1v) is 3.30. The summed E-state index contributed by atoms with van der Waals surface area (Å²) in [6.07, 6.45) is 3.28. The van der Waals surface area contributed by atoms with E-state index < -0.39 is 0 Å². The predicted octanol–water partition coefficient (Wildman–Crippen LogP) is 0.00900. The minimum absolute atomic E-state index is 0.155. The van der Waals surface area contributed by atoms with Crippen molar-refractivity contribution < 1.29 is 9.90 Å². The third kappa shape index (κ3) is 2.00. The van der Waals surface area contributed by atoms with Crippen molar-refractivity contribution in [1.82, 2.24) is 10.6 Å². The van der Waals surface area contributed by atoms with Gasteiger partial charge in [0.15, 0.2) is 0 Å². The molecule has 0 aromatic carbocycles. The Morgan fingerprint density at radius 2 is 2.55 bits per heavy atom. The molecule has 0 spiro atoms. The van der Waals surface area contributed by atoms with Gasteiger partial charge >= 0.3 is 0 Å². The van der Waals surface area contributed by atoms with Gasteiger partial charge in [0.25, 0.3) is 0 Å². The Bertz CT molecular complexity index is 231. The number of carbonyl (C=O) groups excluding carboxylic acids is 1. The van der Waals surface area contributed by atoms with Crippen LogP contribution in [0.4, 0.5) is 0 Å². The van der Waals surface area contributed by atoms with Crippen LogP contribution in [-0.2, 0) is 4.79 Å². The minimum atomic E-state index is -0.182. The first-order valence-electron chi connectivity index (χ1n) is 3.30. The number of hydrogen-bond donors (Lipinski definition) is 3. The molecule has 0 aromatic heterocycles. The highest BCUT2D eigenvalue weighted by Gasteiger charge is 2.06. The van der Waals surface area contributed by atoms with E-state index in [1.54, 1.807) is 12.3 Å². The smallest absolute Gasteiger partial charge is 0.221 e. The van der Waals surface area contributed by atoms with Crippen LogP contribution in [0, 0.1) is 0 Å². The van der Waals surface area contributed by atoms with Gasteiger partial charge in [0, 0.05) is 6.92 Å². The molecule has 1 aliphatic heterocycles. The Morgan fingerprint density at radius 1 is 1.82 bits per heavy atom. The van der Waals surface area contributed by atoms with Crippen LogP contribution in [0.25, 0.3) is 0 Å². The van der Waals surface area contributed by atoms with Gasteiger partial charge in [0.1, 0.15) is 5.76 Å². The van der Waals surface area contributed by atoms with Crippen molar-refractivity contribution in [2.24, 2.45) is 0 Å². The maximum atomic E-state index is 10.5. The summed E-state index contributed by atoms with van der Waals surface area (Å²) in [5, 5.41) is 14.5. The highest BCUT2D eigenvalue weighted by Crippen LogP contribution is 2.02. The molecule has 0 aromatic rings. The lowest BCUT2D eigenvalue weighted by atomic mass is 10.3. The lowest BCUT2D eigenvalue weighted by Gasteiger charge is -2.11. The second-order valence-corrected chi connectivity index (χ2v) is 2.26. The second kappa shape index (κ2) is 3.09. The van der Waals surface area contributed by atoms with Crippen molar-refractivity contribution in [3.05, 3.63) is 23.7 Å². The standard InChI is InChI=1S/C7H10N2O2/c1-5(10)9-6-2-3-8-4-7(6)11/h2-3,8,11H,4H2,1H3,(H,9,10). The molecule has 3 N–H and O–H groups in total. The second-order valence-electron chi connectivity index (χ2n) is 2.26. The van der Waals surface area contributed by atoms with Crippen LogP contribution in [0.1, 0.15) is 6.92 Å². The molecule has 11 heavy (non-hydrogen) atoms. The van der Waals surface area contributed by atoms with Gasteiger partial charge in [-0.3, -0.25) is 4.79 Å². The van der Waals surface area contributed by atoms with Crippen molar-refractivity contribution >= 4 is 5.91 Å². The van der Waals surface area contributed by atoms with E-state index >= 15 is 0 Å². The number of carbonyl (C=O) groups is 1. The van der Waals surface area contributed by atoms with E-state index in [1.807, 2.05) is 0 Å². The summed E-state index contributed by atoms with van der Waals surface area (Å²) in [5.74, 6) is -0.0270. The predicted molar refractivity (Wildman–Crippen MR) is 40.6 cm³/mol. The van der Waals surface area contributed by atoms with Crippen LogP contribution >= 0.6 is 0 Å². The van der Waals surface area contributed by atoms with Gasteiger partial charge in [0.05, 0.1) is 12.2 Å². The summed E-state index contributed by atoms with van der Waals surface area (Å²) < 4.78 is 0. The Kier molecular flexibility index (Phi) is 2.15. The fourth-order valence-corrected chi connectivity index (χ4v) is 0.793. The number of rotatable bonds is 1. The molecule has 0 bridgehead atoms. The van der Waals surface area contributed by atoms with Crippen LogP contribution in [0.2, 0.25) is 0 Å². The topological polar surface area (TPSA) is 61.4 Å². The zero-order valence-corrected chi connectivity index (χ0v) is 6.22. The maximum Gasteiger partial charge on any atom is 0.221 e. The van der Waals surface area contributed by atoms with E-state index in [0.29, 0.717) is 12.2 Å². The third-order valence-corrected chi connectivity index (χ3v) is 1.26. The number of amides is 1. The molecule has 60 valence electrons. The number of aliphatic hydroxyl groups excluding tert-OH is 1. The highest BCUT2D eigenvalue weighted by atomic mass is 16.3. The molecule has 0 unspecified atom stereocenters. The molecular weight excluding hydrogens is 144 g/mol. The van der Waals surface area contributed by atoms with Crippen molar-refractivity contribution in [2.75, 3.05) is 6.54 Å². The van der Waals surface area contributed by atoms with Gasteiger partial charge in [-0.1, -0.05) is 0 Å². The monoisotopic (exact) mass is 154 g/mol. The average Bonchev–Trinajstić information content (AvgIpc) is 1.93. The number of hydrogen-bond acceptors (Lipinski definition) is 3. The quantitative estimate of drug-likeness (QED) is 0.498. The zero-order valence-electron chi connectivity index (χ0n) is 6.22. The summed E-state index contributed by atoms with van der Waals surface area (Å²) in [5.41, 5.74) is 0.469. The third-order valence-electron chi connectivity index (χ3n) is 1.26. The molecule has 1 rings (SSSR count). The molecule has 1 heterocycles. The van der Waals surface area contributed by atoms with Crippen LogP contribution in [0.3, 0.4) is 0 Å². The van der Waals surface area contributed by atoms with E-state index in [2.05, 4.69) is 10.6 Å². The molecule has 0 saturated carbocycles. The van der Waals surface area contributed by atoms with E-state index in [1.165, 1.54) is 6.92 Å². The summed E-state index contributed by atoms with van der Waals surface area (Å²) in [7, 11) is 0. The molecule has 0 fully saturated rings. The summed E-state index contributed by atoms with van der Waals surface area (Å²) in [6, 6.07) is 0. The summed E-state index contributed by atoms with van der Waals surface area (Å²) in [6.45, 7) is 1.77. The summed E-state index contributed by atoms with van der Waals surface area (Å²) in [4.78, 5) is 10.5. The van der Waals surface area contributed by atoms with Crippen LogP contribution < -0.4 is 10.6 Å². The number of nitrogens with one attached hydrogen (secondary N) is 2. The van der Waals surface area contributed by atoms with E-state index in [-0.39, 0.29) is 11.7 Å². The Labute approximate surface area is 64.6 Å². The Balaban J connectivity index is 2.68.